The van der Waals surface area contributed by atoms with E-state index in [-0.39, 0.29) is 11.1 Å². The summed E-state index contributed by atoms with van der Waals surface area (Å²) in [7, 11) is 1.45. The molecular formula is C20H22F2N2O2. The third-order valence-electron chi connectivity index (χ3n) is 4.70. The second kappa shape index (κ2) is 8.27. The molecule has 1 unspecified atom stereocenters. The number of benzene rings is 2. The van der Waals surface area contributed by atoms with Crippen molar-refractivity contribution in [3.63, 3.8) is 0 Å². The van der Waals surface area contributed by atoms with E-state index < -0.39 is 17.5 Å². The number of hydrogen-bond donors (Lipinski definition) is 2. The SMILES string of the molecule is COc1ccc(-c2ccc(C(=O)NCCC3CCNC3)c(F)c2)c(F)c1. The van der Waals surface area contributed by atoms with Gasteiger partial charge in [0.25, 0.3) is 5.91 Å². The number of rotatable bonds is 6. The molecular weight excluding hydrogens is 338 g/mol. The van der Waals surface area contributed by atoms with Crippen molar-refractivity contribution in [2.75, 3.05) is 26.7 Å². The number of methoxy groups -OCH3 is 1. The lowest BCUT2D eigenvalue weighted by Crippen LogP contribution is -2.27. The maximum absolute atomic E-state index is 14.4. The normalized spacial score (nSPS) is 16.5. The van der Waals surface area contributed by atoms with Crippen LogP contribution < -0.4 is 15.4 Å². The van der Waals surface area contributed by atoms with Crippen molar-refractivity contribution in [3.8, 4) is 16.9 Å². The van der Waals surface area contributed by atoms with E-state index in [0.29, 0.717) is 23.8 Å². The van der Waals surface area contributed by atoms with Gasteiger partial charge in [-0.3, -0.25) is 4.79 Å². The van der Waals surface area contributed by atoms with E-state index in [1.54, 1.807) is 12.1 Å². The smallest absolute Gasteiger partial charge is 0.254 e. The monoisotopic (exact) mass is 360 g/mol. The highest BCUT2D eigenvalue weighted by Crippen LogP contribution is 2.27. The van der Waals surface area contributed by atoms with Gasteiger partial charge in [-0.15, -0.1) is 0 Å². The van der Waals surface area contributed by atoms with E-state index in [0.717, 1.165) is 25.9 Å². The molecule has 0 bridgehead atoms. The molecule has 138 valence electrons. The molecule has 1 aliphatic rings. The molecule has 1 aliphatic heterocycles. The van der Waals surface area contributed by atoms with Crippen molar-refractivity contribution in [3.05, 3.63) is 53.6 Å². The van der Waals surface area contributed by atoms with Crippen LogP contribution in [0.25, 0.3) is 11.1 Å². The van der Waals surface area contributed by atoms with Crippen LogP contribution in [-0.4, -0.2) is 32.7 Å². The molecule has 2 aromatic rings. The Morgan fingerprint density at radius 2 is 2.08 bits per heavy atom. The average Bonchev–Trinajstić information content (AvgIpc) is 3.14. The Labute approximate surface area is 151 Å². The van der Waals surface area contributed by atoms with E-state index in [2.05, 4.69) is 10.6 Å². The molecule has 1 amide bonds. The molecule has 6 heteroatoms. The van der Waals surface area contributed by atoms with Crippen LogP contribution in [0.5, 0.6) is 5.75 Å². The standard InChI is InChI=1S/C20H22F2N2O2/c1-26-15-3-5-16(19(22)11-15)14-2-4-17(18(21)10-14)20(25)24-9-7-13-6-8-23-12-13/h2-5,10-11,13,23H,6-9,12H2,1H3,(H,24,25). The zero-order chi connectivity index (χ0) is 18.5. The zero-order valence-electron chi connectivity index (χ0n) is 14.6. The Hall–Kier alpha value is -2.47. The molecule has 0 spiro atoms. The molecule has 2 N–H and O–H groups in total. The minimum Gasteiger partial charge on any atom is -0.497 e. The van der Waals surface area contributed by atoms with Gasteiger partial charge in [0.05, 0.1) is 12.7 Å². The van der Waals surface area contributed by atoms with Crippen LogP contribution in [0.3, 0.4) is 0 Å². The molecule has 0 saturated carbocycles. The molecule has 1 heterocycles. The molecule has 0 radical (unpaired) electrons. The quantitative estimate of drug-likeness (QED) is 0.830. The first kappa shape index (κ1) is 18.3. The number of carbonyl (C=O) groups excluding carboxylic acids is 1. The summed E-state index contributed by atoms with van der Waals surface area (Å²) in [5.74, 6) is -0.681. The predicted molar refractivity (Wildman–Crippen MR) is 96.3 cm³/mol. The lowest BCUT2D eigenvalue weighted by molar-refractivity contribution is 0.0947. The molecule has 2 aromatic carbocycles. The van der Waals surface area contributed by atoms with Crippen molar-refractivity contribution in [1.29, 1.82) is 0 Å². The molecule has 4 nitrogen and oxygen atoms in total. The maximum Gasteiger partial charge on any atom is 0.254 e. The number of halogens is 2. The van der Waals surface area contributed by atoms with Gasteiger partial charge in [0.2, 0.25) is 0 Å². The summed E-state index contributed by atoms with van der Waals surface area (Å²) in [5, 5.41) is 6.03. The van der Waals surface area contributed by atoms with Gasteiger partial charge < -0.3 is 15.4 Å². The summed E-state index contributed by atoms with van der Waals surface area (Å²) in [4.78, 5) is 12.2. The molecule has 0 aromatic heterocycles. The highest BCUT2D eigenvalue weighted by molar-refractivity contribution is 5.95. The van der Waals surface area contributed by atoms with E-state index >= 15 is 0 Å². The second-order valence-electron chi connectivity index (χ2n) is 6.44. The number of carbonyl (C=O) groups is 1. The Kier molecular flexibility index (Phi) is 5.83. The van der Waals surface area contributed by atoms with Gasteiger partial charge in [-0.2, -0.15) is 0 Å². The minimum absolute atomic E-state index is 0.0350. The largest absolute Gasteiger partial charge is 0.497 e. The Morgan fingerprint density at radius 3 is 2.73 bits per heavy atom. The summed E-state index contributed by atoms with van der Waals surface area (Å²) in [5.41, 5.74) is 0.592. The van der Waals surface area contributed by atoms with E-state index in [4.69, 9.17) is 4.74 Å². The maximum atomic E-state index is 14.4. The van der Waals surface area contributed by atoms with E-state index in [1.165, 1.54) is 31.4 Å². The summed E-state index contributed by atoms with van der Waals surface area (Å²) >= 11 is 0. The van der Waals surface area contributed by atoms with Gasteiger partial charge in [-0.1, -0.05) is 6.07 Å². The molecule has 1 fully saturated rings. The Balaban J connectivity index is 1.67. The van der Waals surface area contributed by atoms with Crippen molar-refractivity contribution in [2.24, 2.45) is 5.92 Å². The van der Waals surface area contributed by atoms with Crippen molar-refractivity contribution < 1.29 is 18.3 Å². The topological polar surface area (TPSA) is 50.4 Å². The fourth-order valence-electron chi connectivity index (χ4n) is 3.17. The van der Waals surface area contributed by atoms with Crippen LogP contribution >= 0.6 is 0 Å². The number of nitrogens with one attached hydrogen (secondary N) is 2. The Bertz CT molecular complexity index is 789. The molecule has 26 heavy (non-hydrogen) atoms. The lowest BCUT2D eigenvalue weighted by Gasteiger charge is -2.11. The predicted octanol–water partition coefficient (Wildman–Crippen LogP) is 3.37. The highest BCUT2D eigenvalue weighted by atomic mass is 19.1. The highest BCUT2D eigenvalue weighted by Gasteiger charge is 2.17. The van der Waals surface area contributed by atoms with Crippen LogP contribution in [0.2, 0.25) is 0 Å². The molecule has 1 atom stereocenters. The van der Waals surface area contributed by atoms with Gasteiger partial charge >= 0.3 is 0 Å². The van der Waals surface area contributed by atoms with Gasteiger partial charge in [-0.05, 0) is 61.7 Å². The number of amides is 1. The summed E-state index contributed by atoms with van der Waals surface area (Å²) in [6.07, 6.45) is 1.97. The summed E-state index contributed by atoms with van der Waals surface area (Å²) in [6, 6.07) is 8.49. The zero-order valence-corrected chi connectivity index (χ0v) is 14.6. The number of hydrogen-bond acceptors (Lipinski definition) is 3. The van der Waals surface area contributed by atoms with E-state index in [1.807, 2.05) is 0 Å². The third kappa shape index (κ3) is 4.19. The summed E-state index contributed by atoms with van der Waals surface area (Å²) in [6.45, 7) is 2.49. The molecule has 3 rings (SSSR count). The van der Waals surface area contributed by atoms with Gasteiger partial charge in [-0.25, -0.2) is 8.78 Å². The average molecular weight is 360 g/mol. The van der Waals surface area contributed by atoms with Crippen LogP contribution in [0.15, 0.2) is 36.4 Å². The minimum atomic E-state index is -0.669. The van der Waals surface area contributed by atoms with Crippen molar-refractivity contribution in [1.82, 2.24) is 10.6 Å². The lowest BCUT2D eigenvalue weighted by atomic mass is 10.0. The Morgan fingerprint density at radius 1 is 1.23 bits per heavy atom. The van der Waals surface area contributed by atoms with Gasteiger partial charge in [0.15, 0.2) is 0 Å². The first-order chi connectivity index (χ1) is 12.6. The molecule has 0 aliphatic carbocycles. The third-order valence-corrected chi connectivity index (χ3v) is 4.70. The first-order valence-electron chi connectivity index (χ1n) is 8.71. The van der Waals surface area contributed by atoms with Crippen molar-refractivity contribution in [2.45, 2.75) is 12.8 Å². The van der Waals surface area contributed by atoms with Gasteiger partial charge in [0, 0.05) is 18.2 Å². The van der Waals surface area contributed by atoms with E-state index in [9.17, 15) is 13.6 Å². The van der Waals surface area contributed by atoms with Gasteiger partial charge in [0.1, 0.15) is 17.4 Å². The fourth-order valence-corrected chi connectivity index (χ4v) is 3.17. The first-order valence-corrected chi connectivity index (χ1v) is 8.71. The van der Waals surface area contributed by atoms with Crippen LogP contribution in [0.1, 0.15) is 23.2 Å². The second-order valence-corrected chi connectivity index (χ2v) is 6.44. The van der Waals surface area contributed by atoms with Crippen LogP contribution in [-0.2, 0) is 0 Å². The summed E-state index contributed by atoms with van der Waals surface area (Å²) < 4.78 is 33.5. The molecule has 1 saturated heterocycles. The van der Waals surface area contributed by atoms with Crippen LogP contribution in [0.4, 0.5) is 8.78 Å². The van der Waals surface area contributed by atoms with Crippen molar-refractivity contribution >= 4 is 5.91 Å². The number of ether oxygens (including phenoxy) is 1. The fraction of sp³-hybridized carbons (Fsp3) is 0.350. The van der Waals surface area contributed by atoms with Crippen LogP contribution in [0, 0.1) is 17.6 Å².